The molecule has 1 aromatic heterocycles. The van der Waals surface area contributed by atoms with Crippen LogP contribution < -0.4 is 10.6 Å². The Hall–Kier alpha value is -2.31. The summed E-state index contributed by atoms with van der Waals surface area (Å²) in [6.07, 6.45) is 0.747. The number of aliphatic hydroxyl groups is 1. The first-order chi connectivity index (χ1) is 10.9. The average Bonchev–Trinajstić information content (AvgIpc) is 2.91. The Morgan fingerprint density at radius 3 is 2.61 bits per heavy atom. The van der Waals surface area contributed by atoms with Gasteiger partial charge in [-0.3, -0.25) is 9.59 Å². The summed E-state index contributed by atoms with van der Waals surface area (Å²) in [5.41, 5.74) is 0.913. The van der Waals surface area contributed by atoms with E-state index in [0.717, 1.165) is 0 Å². The highest BCUT2D eigenvalue weighted by atomic mass is 35.5. The molecule has 0 saturated carbocycles. The third kappa shape index (κ3) is 4.34. The molecule has 1 atom stereocenters. The minimum absolute atomic E-state index is 0.107. The second-order valence-electron chi connectivity index (χ2n) is 5.09. The zero-order valence-corrected chi connectivity index (χ0v) is 13.5. The maximum atomic E-state index is 12.3. The zero-order chi connectivity index (χ0) is 17.0. The van der Waals surface area contributed by atoms with Crippen LogP contribution in [-0.2, 0) is 0 Å². The van der Waals surface area contributed by atoms with Crippen LogP contribution in [0.5, 0.6) is 0 Å². The van der Waals surface area contributed by atoms with Gasteiger partial charge in [0.25, 0.3) is 11.8 Å². The average molecular weight is 337 g/mol. The molecular formula is C16H17ClN2O4. The molecule has 0 spiro atoms. The maximum absolute atomic E-state index is 12.3. The third-order valence-corrected chi connectivity index (χ3v) is 3.37. The molecule has 3 N–H and O–H groups in total. The van der Waals surface area contributed by atoms with Crippen molar-refractivity contribution in [1.82, 2.24) is 5.32 Å². The summed E-state index contributed by atoms with van der Waals surface area (Å²) in [6, 6.07) is 6.10. The van der Waals surface area contributed by atoms with Gasteiger partial charge in [0, 0.05) is 11.6 Å². The van der Waals surface area contributed by atoms with Crippen molar-refractivity contribution in [3.63, 3.8) is 0 Å². The first-order valence-electron chi connectivity index (χ1n) is 6.99. The van der Waals surface area contributed by atoms with Crippen LogP contribution in [-0.4, -0.2) is 29.6 Å². The lowest BCUT2D eigenvalue weighted by atomic mass is 10.1. The van der Waals surface area contributed by atoms with Gasteiger partial charge in [-0.25, -0.2) is 0 Å². The first kappa shape index (κ1) is 17.1. The molecule has 6 nitrogen and oxygen atoms in total. The summed E-state index contributed by atoms with van der Waals surface area (Å²) in [5, 5.41) is 14.9. The Balaban J connectivity index is 2.23. The van der Waals surface area contributed by atoms with E-state index in [4.69, 9.17) is 16.0 Å². The lowest BCUT2D eigenvalue weighted by molar-refractivity contribution is 0.0925. The number of amides is 2. The summed E-state index contributed by atoms with van der Waals surface area (Å²) >= 11 is 5.95. The molecule has 1 unspecified atom stereocenters. The minimum Gasteiger partial charge on any atom is -0.469 e. The molecule has 1 heterocycles. The highest BCUT2D eigenvalue weighted by Gasteiger charge is 2.17. The number of aryl methyl sites for hydroxylation is 1. The molecule has 0 saturated heterocycles. The van der Waals surface area contributed by atoms with Crippen molar-refractivity contribution in [3.8, 4) is 0 Å². The van der Waals surface area contributed by atoms with Gasteiger partial charge in [0.15, 0.2) is 0 Å². The number of carbonyl (C=O) groups excluding carboxylic acids is 2. The number of furan rings is 1. The molecule has 0 radical (unpaired) electrons. The van der Waals surface area contributed by atoms with Crippen molar-refractivity contribution in [1.29, 1.82) is 0 Å². The van der Waals surface area contributed by atoms with Gasteiger partial charge in [0.05, 0.1) is 29.2 Å². The second kappa shape index (κ2) is 7.30. The summed E-state index contributed by atoms with van der Waals surface area (Å²) in [4.78, 5) is 24.4. The van der Waals surface area contributed by atoms with Gasteiger partial charge in [-0.1, -0.05) is 11.6 Å². The summed E-state index contributed by atoms with van der Waals surface area (Å²) in [7, 11) is 0. The Labute approximate surface area is 138 Å². The van der Waals surface area contributed by atoms with Crippen LogP contribution in [0.3, 0.4) is 0 Å². The lowest BCUT2D eigenvalue weighted by Crippen LogP contribution is -2.31. The van der Waals surface area contributed by atoms with Crippen LogP contribution in [0, 0.1) is 6.92 Å². The summed E-state index contributed by atoms with van der Waals surface area (Å²) in [6.45, 7) is 3.34. The van der Waals surface area contributed by atoms with Gasteiger partial charge in [-0.15, -0.1) is 0 Å². The third-order valence-electron chi connectivity index (χ3n) is 3.14. The number of aliphatic hydroxyl groups excluding tert-OH is 1. The fraction of sp³-hybridized carbons (Fsp3) is 0.250. The molecule has 1 aromatic carbocycles. The monoisotopic (exact) mass is 336 g/mol. The van der Waals surface area contributed by atoms with Crippen molar-refractivity contribution in [3.05, 3.63) is 52.4 Å². The number of carbonyl (C=O) groups is 2. The van der Waals surface area contributed by atoms with E-state index in [-0.39, 0.29) is 17.8 Å². The minimum atomic E-state index is -0.669. The van der Waals surface area contributed by atoms with E-state index < -0.39 is 17.9 Å². The zero-order valence-electron chi connectivity index (χ0n) is 12.7. The molecule has 23 heavy (non-hydrogen) atoms. The van der Waals surface area contributed by atoms with Crippen molar-refractivity contribution >= 4 is 29.1 Å². The van der Waals surface area contributed by atoms with Crippen LogP contribution in [0.1, 0.15) is 33.4 Å². The molecule has 2 amide bonds. The van der Waals surface area contributed by atoms with Gasteiger partial charge in [0.1, 0.15) is 5.76 Å². The number of hydrogen-bond acceptors (Lipinski definition) is 4. The number of halogens is 1. The van der Waals surface area contributed by atoms with E-state index >= 15 is 0 Å². The Bertz CT molecular complexity index is 725. The van der Waals surface area contributed by atoms with Crippen LogP contribution in [0.2, 0.25) is 5.02 Å². The largest absolute Gasteiger partial charge is 0.469 e. The number of anilines is 1. The van der Waals surface area contributed by atoms with Gasteiger partial charge < -0.3 is 20.2 Å². The predicted molar refractivity (Wildman–Crippen MR) is 86.9 cm³/mol. The van der Waals surface area contributed by atoms with Gasteiger partial charge >= 0.3 is 0 Å². The molecule has 7 heteroatoms. The maximum Gasteiger partial charge on any atom is 0.259 e. The molecule has 0 bridgehead atoms. The SMILES string of the molecule is Cc1occc1C(=O)Nc1cc(Cl)ccc1C(=O)NCC(C)O. The van der Waals surface area contributed by atoms with Gasteiger partial charge in [0.2, 0.25) is 0 Å². The molecule has 2 aromatic rings. The van der Waals surface area contributed by atoms with Gasteiger partial charge in [-0.2, -0.15) is 0 Å². The van der Waals surface area contributed by atoms with Crippen LogP contribution in [0.25, 0.3) is 0 Å². The lowest BCUT2D eigenvalue weighted by Gasteiger charge is -2.12. The molecule has 122 valence electrons. The summed E-state index contributed by atoms with van der Waals surface area (Å²) in [5.74, 6) is -0.338. The predicted octanol–water partition coefficient (Wildman–Crippen LogP) is 2.60. The van der Waals surface area contributed by atoms with E-state index in [1.807, 2.05) is 0 Å². The van der Waals surface area contributed by atoms with Crippen molar-refractivity contribution in [2.45, 2.75) is 20.0 Å². The second-order valence-corrected chi connectivity index (χ2v) is 5.53. The smallest absolute Gasteiger partial charge is 0.259 e. The van der Waals surface area contributed by atoms with E-state index in [1.54, 1.807) is 26.0 Å². The van der Waals surface area contributed by atoms with E-state index in [9.17, 15) is 14.7 Å². The molecule has 0 aliphatic carbocycles. The quantitative estimate of drug-likeness (QED) is 0.782. The Kier molecular flexibility index (Phi) is 5.41. The van der Waals surface area contributed by atoms with Crippen molar-refractivity contribution in [2.24, 2.45) is 0 Å². The molecule has 0 aliphatic rings. The van der Waals surface area contributed by atoms with E-state index in [0.29, 0.717) is 16.3 Å². The number of benzene rings is 1. The first-order valence-corrected chi connectivity index (χ1v) is 7.37. The number of hydrogen-bond donors (Lipinski definition) is 3. The normalized spacial score (nSPS) is 11.8. The highest BCUT2D eigenvalue weighted by Crippen LogP contribution is 2.22. The van der Waals surface area contributed by atoms with Crippen LogP contribution in [0.15, 0.2) is 34.9 Å². The van der Waals surface area contributed by atoms with Crippen molar-refractivity contribution < 1.29 is 19.1 Å². The number of rotatable bonds is 5. The van der Waals surface area contributed by atoms with E-state index in [1.165, 1.54) is 18.4 Å². The molecule has 0 aliphatic heterocycles. The standard InChI is InChI=1S/C16H17ClN2O4/c1-9(20)8-18-15(21)13-4-3-11(17)7-14(13)19-16(22)12-5-6-23-10(12)2/h3-7,9,20H,8H2,1-2H3,(H,18,21)(H,19,22). The molecule has 0 fully saturated rings. The van der Waals surface area contributed by atoms with E-state index in [2.05, 4.69) is 10.6 Å². The summed E-state index contributed by atoms with van der Waals surface area (Å²) < 4.78 is 5.10. The fourth-order valence-electron chi connectivity index (χ4n) is 1.96. The van der Waals surface area contributed by atoms with Gasteiger partial charge in [-0.05, 0) is 38.1 Å². The van der Waals surface area contributed by atoms with Crippen molar-refractivity contribution in [2.75, 3.05) is 11.9 Å². The topological polar surface area (TPSA) is 91.6 Å². The molecular weight excluding hydrogens is 320 g/mol. The van der Waals surface area contributed by atoms with Crippen LogP contribution >= 0.6 is 11.6 Å². The number of nitrogens with one attached hydrogen (secondary N) is 2. The van der Waals surface area contributed by atoms with Crippen LogP contribution in [0.4, 0.5) is 5.69 Å². The fourth-order valence-corrected chi connectivity index (χ4v) is 2.14. The Morgan fingerprint density at radius 2 is 2.00 bits per heavy atom. The Morgan fingerprint density at radius 1 is 1.26 bits per heavy atom. The highest BCUT2D eigenvalue weighted by molar-refractivity contribution is 6.31. The molecule has 2 rings (SSSR count).